The van der Waals surface area contributed by atoms with Crippen LogP contribution in [0.15, 0.2) is 22.7 Å². The van der Waals surface area contributed by atoms with E-state index in [1.165, 1.54) is 6.07 Å². The molecule has 90 valence electrons. The van der Waals surface area contributed by atoms with Gasteiger partial charge in [0.15, 0.2) is 0 Å². The van der Waals surface area contributed by atoms with Gasteiger partial charge in [0, 0.05) is 4.47 Å². The molecule has 0 spiro atoms. The molecule has 0 amide bonds. The van der Waals surface area contributed by atoms with Crippen LogP contribution in [-0.4, -0.2) is 6.54 Å². The third-order valence-corrected chi connectivity index (χ3v) is 3.85. The Morgan fingerprint density at radius 1 is 1.38 bits per heavy atom. The van der Waals surface area contributed by atoms with E-state index in [-0.39, 0.29) is 11.2 Å². The molecular formula is C13H19BrFN. The van der Waals surface area contributed by atoms with Crippen LogP contribution in [0.4, 0.5) is 4.39 Å². The van der Waals surface area contributed by atoms with Gasteiger partial charge in [0.25, 0.3) is 0 Å². The molecule has 0 fully saturated rings. The molecule has 0 radical (unpaired) electrons. The summed E-state index contributed by atoms with van der Waals surface area (Å²) in [6.07, 6.45) is 0.803. The minimum Gasteiger partial charge on any atom is -0.330 e. The van der Waals surface area contributed by atoms with E-state index < -0.39 is 0 Å². The zero-order valence-electron chi connectivity index (χ0n) is 10.1. The molecule has 0 aliphatic carbocycles. The Kier molecular flexibility index (Phi) is 4.51. The smallest absolute Gasteiger partial charge is 0.124 e. The Balaban J connectivity index is 2.94. The fraction of sp³-hybridized carbons (Fsp3) is 0.538. The second kappa shape index (κ2) is 5.28. The van der Waals surface area contributed by atoms with E-state index in [9.17, 15) is 4.39 Å². The zero-order valence-corrected chi connectivity index (χ0v) is 11.6. The summed E-state index contributed by atoms with van der Waals surface area (Å²) in [5.74, 6) is 0.270. The van der Waals surface area contributed by atoms with Crippen molar-refractivity contribution in [2.75, 3.05) is 6.54 Å². The first-order chi connectivity index (χ1) is 7.37. The van der Waals surface area contributed by atoms with E-state index in [0.717, 1.165) is 16.5 Å². The van der Waals surface area contributed by atoms with Crippen LogP contribution in [0.5, 0.6) is 0 Å². The predicted molar refractivity (Wildman–Crippen MR) is 69.8 cm³/mol. The molecule has 0 heterocycles. The lowest BCUT2D eigenvalue weighted by atomic mass is 9.74. The molecule has 3 heteroatoms. The predicted octanol–water partition coefficient (Wildman–Crippen LogP) is 3.75. The quantitative estimate of drug-likeness (QED) is 0.897. The lowest BCUT2D eigenvalue weighted by molar-refractivity contribution is 0.227. The highest BCUT2D eigenvalue weighted by Crippen LogP contribution is 2.31. The van der Waals surface area contributed by atoms with Gasteiger partial charge in [0.1, 0.15) is 5.82 Å². The van der Waals surface area contributed by atoms with Crippen molar-refractivity contribution < 1.29 is 4.39 Å². The van der Waals surface area contributed by atoms with Crippen LogP contribution in [0.2, 0.25) is 0 Å². The fourth-order valence-electron chi connectivity index (χ4n) is 1.69. The number of halogens is 2. The molecule has 16 heavy (non-hydrogen) atoms. The number of benzene rings is 1. The largest absolute Gasteiger partial charge is 0.330 e. The summed E-state index contributed by atoms with van der Waals surface area (Å²) in [5.41, 5.74) is 6.84. The Hall–Kier alpha value is -0.410. The maximum atomic E-state index is 13.2. The van der Waals surface area contributed by atoms with Crippen LogP contribution in [0.3, 0.4) is 0 Å². The van der Waals surface area contributed by atoms with Crippen LogP contribution in [0.1, 0.15) is 26.3 Å². The summed E-state index contributed by atoms with van der Waals surface area (Å²) in [5, 5.41) is 0. The van der Waals surface area contributed by atoms with Crippen molar-refractivity contribution in [2.24, 2.45) is 17.1 Å². The standard InChI is InChI=1S/C13H19BrFN/c1-9(2)13(3,8-16)7-10-4-11(14)6-12(15)5-10/h4-6,9H,7-8,16H2,1-3H3. The number of hydrogen-bond acceptors (Lipinski definition) is 1. The molecule has 0 saturated heterocycles. The molecule has 1 aromatic rings. The van der Waals surface area contributed by atoms with Gasteiger partial charge in [-0.1, -0.05) is 36.7 Å². The minimum absolute atomic E-state index is 0.0211. The van der Waals surface area contributed by atoms with E-state index in [1.807, 2.05) is 6.07 Å². The maximum Gasteiger partial charge on any atom is 0.124 e. The Labute approximate surface area is 105 Å². The third kappa shape index (κ3) is 3.29. The van der Waals surface area contributed by atoms with Gasteiger partial charge in [-0.2, -0.15) is 0 Å². The first kappa shape index (κ1) is 13.7. The fourth-order valence-corrected chi connectivity index (χ4v) is 2.20. The maximum absolute atomic E-state index is 13.2. The second-order valence-corrected chi connectivity index (χ2v) is 5.88. The lowest BCUT2D eigenvalue weighted by Crippen LogP contribution is -2.34. The van der Waals surface area contributed by atoms with Gasteiger partial charge < -0.3 is 5.73 Å². The topological polar surface area (TPSA) is 26.0 Å². The molecule has 0 aromatic heterocycles. The monoisotopic (exact) mass is 287 g/mol. The molecule has 1 aromatic carbocycles. The van der Waals surface area contributed by atoms with E-state index in [2.05, 4.69) is 36.7 Å². The third-order valence-electron chi connectivity index (χ3n) is 3.39. The Morgan fingerprint density at radius 3 is 2.44 bits per heavy atom. The van der Waals surface area contributed by atoms with Gasteiger partial charge in [-0.15, -0.1) is 0 Å². The Bertz CT molecular complexity index is 345. The van der Waals surface area contributed by atoms with Gasteiger partial charge >= 0.3 is 0 Å². The normalized spacial score (nSPS) is 15.2. The van der Waals surface area contributed by atoms with Crippen molar-refractivity contribution in [3.8, 4) is 0 Å². The highest BCUT2D eigenvalue weighted by Gasteiger charge is 2.27. The number of nitrogens with two attached hydrogens (primary N) is 1. The average Bonchev–Trinajstić information content (AvgIpc) is 2.15. The van der Waals surface area contributed by atoms with Crippen molar-refractivity contribution >= 4 is 15.9 Å². The molecule has 0 saturated carbocycles. The number of rotatable bonds is 4. The summed E-state index contributed by atoms with van der Waals surface area (Å²) in [7, 11) is 0. The molecule has 0 aliphatic rings. The van der Waals surface area contributed by atoms with Crippen molar-refractivity contribution in [3.63, 3.8) is 0 Å². The van der Waals surface area contributed by atoms with Gasteiger partial charge in [-0.05, 0) is 48.1 Å². The van der Waals surface area contributed by atoms with Crippen LogP contribution >= 0.6 is 15.9 Å². The first-order valence-corrected chi connectivity index (χ1v) is 6.32. The van der Waals surface area contributed by atoms with Crippen molar-refractivity contribution in [1.29, 1.82) is 0 Å². The molecule has 1 unspecified atom stereocenters. The summed E-state index contributed by atoms with van der Waals surface area (Å²) in [4.78, 5) is 0. The summed E-state index contributed by atoms with van der Waals surface area (Å²) in [6, 6.07) is 5.01. The SMILES string of the molecule is CC(C)C(C)(CN)Cc1cc(F)cc(Br)c1. The first-order valence-electron chi connectivity index (χ1n) is 5.52. The molecule has 2 N–H and O–H groups in total. The average molecular weight is 288 g/mol. The lowest BCUT2D eigenvalue weighted by Gasteiger charge is -2.32. The van der Waals surface area contributed by atoms with Gasteiger partial charge in [-0.25, -0.2) is 4.39 Å². The second-order valence-electron chi connectivity index (χ2n) is 4.97. The molecule has 1 rings (SSSR count). The highest BCUT2D eigenvalue weighted by atomic mass is 79.9. The van der Waals surface area contributed by atoms with Gasteiger partial charge in [0.2, 0.25) is 0 Å². The molecule has 0 bridgehead atoms. The molecule has 1 nitrogen and oxygen atoms in total. The molecule has 1 atom stereocenters. The Morgan fingerprint density at radius 2 is 2.00 bits per heavy atom. The zero-order chi connectivity index (χ0) is 12.3. The van der Waals surface area contributed by atoms with Crippen molar-refractivity contribution in [1.82, 2.24) is 0 Å². The van der Waals surface area contributed by atoms with Crippen LogP contribution in [0, 0.1) is 17.2 Å². The van der Waals surface area contributed by atoms with E-state index >= 15 is 0 Å². The van der Waals surface area contributed by atoms with Crippen LogP contribution in [0.25, 0.3) is 0 Å². The van der Waals surface area contributed by atoms with E-state index in [1.54, 1.807) is 6.07 Å². The van der Waals surface area contributed by atoms with Crippen LogP contribution < -0.4 is 5.73 Å². The van der Waals surface area contributed by atoms with Crippen molar-refractivity contribution in [2.45, 2.75) is 27.2 Å². The highest BCUT2D eigenvalue weighted by molar-refractivity contribution is 9.10. The summed E-state index contributed by atoms with van der Waals surface area (Å²) < 4.78 is 14.0. The van der Waals surface area contributed by atoms with Gasteiger partial charge in [0.05, 0.1) is 0 Å². The van der Waals surface area contributed by atoms with E-state index in [0.29, 0.717) is 12.5 Å². The van der Waals surface area contributed by atoms with Gasteiger partial charge in [-0.3, -0.25) is 0 Å². The number of hydrogen-bond donors (Lipinski definition) is 1. The molecular weight excluding hydrogens is 269 g/mol. The van der Waals surface area contributed by atoms with E-state index in [4.69, 9.17) is 5.73 Å². The van der Waals surface area contributed by atoms with Crippen LogP contribution in [-0.2, 0) is 6.42 Å². The summed E-state index contributed by atoms with van der Waals surface area (Å²) >= 11 is 3.31. The molecule has 0 aliphatic heterocycles. The van der Waals surface area contributed by atoms with Crippen molar-refractivity contribution in [3.05, 3.63) is 34.1 Å². The minimum atomic E-state index is -0.201. The summed E-state index contributed by atoms with van der Waals surface area (Å²) in [6.45, 7) is 7.07.